The Labute approximate surface area is 120 Å². The zero-order valence-electron chi connectivity index (χ0n) is 10.2. The molecule has 0 aromatic heterocycles. The second-order valence-electron chi connectivity index (χ2n) is 3.61. The summed E-state index contributed by atoms with van der Waals surface area (Å²) >= 11 is 9.25. The van der Waals surface area contributed by atoms with Crippen LogP contribution in [0.15, 0.2) is 22.7 Å². The highest BCUT2D eigenvalue weighted by Gasteiger charge is 2.10. The van der Waals surface area contributed by atoms with Crippen molar-refractivity contribution in [2.75, 3.05) is 27.4 Å². The highest BCUT2D eigenvalue weighted by Crippen LogP contribution is 2.25. The van der Waals surface area contributed by atoms with E-state index in [1.54, 1.807) is 32.4 Å². The Morgan fingerprint density at radius 1 is 1.50 bits per heavy atom. The van der Waals surface area contributed by atoms with E-state index in [1.807, 2.05) is 0 Å². The lowest BCUT2D eigenvalue weighted by molar-refractivity contribution is 0.0949. The second kappa shape index (κ2) is 7.61. The predicted molar refractivity (Wildman–Crippen MR) is 74.5 cm³/mol. The molecule has 1 rings (SSSR count). The van der Waals surface area contributed by atoms with E-state index < -0.39 is 0 Å². The standard InChI is InChI=1S/C12H15BrClNO3/c1-17-7-9(14)6-15-12(16)8-3-4-11(18-2)10(13)5-8/h3-5,9H,6-7H2,1-2H3,(H,15,16). The minimum Gasteiger partial charge on any atom is -0.496 e. The molecule has 100 valence electrons. The Balaban J connectivity index is 2.59. The van der Waals surface area contributed by atoms with Crippen molar-refractivity contribution < 1.29 is 14.3 Å². The van der Waals surface area contributed by atoms with Crippen LogP contribution in [0.5, 0.6) is 5.75 Å². The average molecular weight is 337 g/mol. The minimum atomic E-state index is -0.236. The van der Waals surface area contributed by atoms with Crippen LogP contribution >= 0.6 is 27.5 Å². The first-order valence-corrected chi connectivity index (χ1v) is 6.56. The van der Waals surface area contributed by atoms with Gasteiger partial charge in [-0.15, -0.1) is 11.6 Å². The smallest absolute Gasteiger partial charge is 0.251 e. The molecule has 1 aromatic carbocycles. The first kappa shape index (κ1) is 15.3. The molecule has 0 bridgehead atoms. The first-order chi connectivity index (χ1) is 8.58. The zero-order chi connectivity index (χ0) is 13.5. The van der Waals surface area contributed by atoms with Crippen molar-refractivity contribution >= 4 is 33.4 Å². The number of rotatable bonds is 6. The van der Waals surface area contributed by atoms with Gasteiger partial charge in [0.2, 0.25) is 0 Å². The monoisotopic (exact) mass is 335 g/mol. The number of alkyl halides is 1. The molecule has 1 amide bonds. The van der Waals surface area contributed by atoms with E-state index in [9.17, 15) is 4.79 Å². The molecule has 1 unspecified atom stereocenters. The normalized spacial score (nSPS) is 12.0. The van der Waals surface area contributed by atoms with E-state index in [-0.39, 0.29) is 11.3 Å². The number of amides is 1. The molecule has 4 nitrogen and oxygen atoms in total. The summed E-state index contributed by atoms with van der Waals surface area (Å²) in [5.41, 5.74) is 0.545. The number of nitrogens with one attached hydrogen (secondary N) is 1. The Morgan fingerprint density at radius 3 is 2.78 bits per heavy atom. The van der Waals surface area contributed by atoms with Gasteiger partial charge in [0, 0.05) is 19.2 Å². The zero-order valence-corrected chi connectivity index (χ0v) is 12.5. The molecule has 0 saturated heterocycles. The Kier molecular flexibility index (Phi) is 6.46. The maximum Gasteiger partial charge on any atom is 0.251 e. The summed E-state index contributed by atoms with van der Waals surface area (Å²) in [5, 5.41) is 2.50. The topological polar surface area (TPSA) is 47.6 Å². The molecular formula is C12H15BrClNO3. The fraction of sp³-hybridized carbons (Fsp3) is 0.417. The quantitative estimate of drug-likeness (QED) is 0.812. The van der Waals surface area contributed by atoms with E-state index in [2.05, 4.69) is 21.2 Å². The van der Waals surface area contributed by atoms with Gasteiger partial charge in [0.05, 0.1) is 23.6 Å². The summed E-state index contributed by atoms with van der Waals surface area (Å²) in [6.07, 6.45) is 0. The van der Waals surface area contributed by atoms with Crippen LogP contribution in [0, 0.1) is 0 Å². The van der Waals surface area contributed by atoms with Crippen molar-refractivity contribution in [3.8, 4) is 5.75 Å². The van der Waals surface area contributed by atoms with E-state index in [0.29, 0.717) is 24.5 Å². The Hall–Kier alpha value is -0.780. The van der Waals surface area contributed by atoms with Crippen LogP contribution in [0.1, 0.15) is 10.4 Å². The molecular weight excluding hydrogens is 321 g/mol. The van der Waals surface area contributed by atoms with E-state index in [1.165, 1.54) is 0 Å². The molecule has 0 aliphatic carbocycles. The van der Waals surface area contributed by atoms with Gasteiger partial charge in [-0.25, -0.2) is 0 Å². The molecule has 1 aromatic rings. The molecule has 0 radical (unpaired) electrons. The van der Waals surface area contributed by atoms with Crippen LogP contribution in [0.2, 0.25) is 0 Å². The minimum absolute atomic E-state index is 0.180. The van der Waals surface area contributed by atoms with Crippen molar-refractivity contribution in [3.05, 3.63) is 28.2 Å². The summed E-state index contributed by atoms with van der Waals surface area (Å²) in [6, 6.07) is 5.12. The van der Waals surface area contributed by atoms with Crippen LogP contribution in [-0.4, -0.2) is 38.7 Å². The third-order valence-corrected chi connectivity index (χ3v) is 3.15. The number of halogens is 2. The summed E-state index contributed by atoms with van der Waals surface area (Å²) in [5.74, 6) is 0.501. The van der Waals surface area contributed by atoms with Crippen LogP contribution in [0.4, 0.5) is 0 Å². The van der Waals surface area contributed by atoms with Gasteiger partial charge >= 0.3 is 0 Å². The molecule has 0 saturated carbocycles. The number of carbonyl (C=O) groups excluding carboxylic acids is 1. The summed E-state index contributed by atoms with van der Waals surface area (Å²) < 4.78 is 10.7. The van der Waals surface area contributed by atoms with E-state index >= 15 is 0 Å². The molecule has 0 fully saturated rings. The fourth-order valence-corrected chi connectivity index (χ4v) is 2.10. The number of hydrogen-bond acceptors (Lipinski definition) is 3. The van der Waals surface area contributed by atoms with E-state index in [0.717, 1.165) is 4.47 Å². The lowest BCUT2D eigenvalue weighted by Gasteiger charge is -2.10. The molecule has 18 heavy (non-hydrogen) atoms. The van der Waals surface area contributed by atoms with Crippen molar-refractivity contribution in [2.24, 2.45) is 0 Å². The van der Waals surface area contributed by atoms with Gasteiger partial charge in [-0.1, -0.05) is 0 Å². The molecule has 0 aliphatic rings. The summed E-state index contributed by atoms with van der Waals surface area (Å²) in [4.78, 5) is 11.8. The largest absolute Gasteiger partial charge is 0.496 e. The molecule has 1 N–H and O–H groups in total. The third kappa shape index (κ3) is 4.48. The van der Waals surface area contributed by atoms with Gasteiger partial charge in [0.25, 0.3) is 5.91 Å². The number of benzene rings is 1. The third-order valence-electron chi connectivity index (χ3n) is 2.25. The predicted octanol–water partition coefficient (Wildman–Crippen LogP) is 2.44. The van der Waals surface area contributed by atoms with Gasteiger partial charge in [0.15, 0.2) is 0 Å². The van der Waals surface area contributed by atoms with Gasteiger partial charge in [-0.05, 0) is 34.1 Å². The Morgan fingerprint density at radius 2 is 2.22 bits per heavy atom. The van der Waals surface area contributed by atoms with Crippen molar-refractivity contribution in [1.29, 1.82) is 0 Å². The number of ether oxygens (including phenoxy) is 2. The lowest BCUT2D eigenvalue weighted by atomic mass is 10.2. The van der Waals surface area contributed by atoms with Crippen molar-refractivity contribution in [3.63, 3.8) is 0 Å². The van der Waals surface area contributed by atoms with Crippen LogP contribution in [-0.2, 0) is 4.74 Å². The number of methoxy groups -OCH3 is 2. The SMILES string of the molecule is COCC(Cl)CNC(=O)c1ccc(OC)c(Br)c1. The van der Waals surface area contributed by atoms with Gasteiger partial charge in [-0.3, -0.25) is 4.79 Å². The van der Waals surface area contributed by atoms with Gasteiger partial charge in [0.1, 0.15) is 5.75 Å². The van der Waals surface area contributed by atoms with Crippen LogP contribution in [0.25, 0.3) is 0 Å². The molecule has 1 atom stereocenters. The lowest BCUT2D eigenvalue weighted by Crippen LogP contribution is -2.31. The molecule has 0 heterocycles. The number of carbonyl (C=O) groups is 1. The molecule has 6 heteroatoms. The second-order valence-corrected chi connectivity index (χ2v) is 5.08. The summed E-state index contributed by atoms with van der Waals surface area (Å²) in [7, 11) is 3.14. The maximum atomic E-state index is 11.8. The summed E-state index contributed by atoms with van der Waals surface area (Å²) in [6.45, 7) is 0.756. The van der Waals surface area contributed by atoms with Gasteiger partial charge < -0.3 is 14.8 Å². The molecule has 0 spiro atoms. The maximum absolute atomic E-state index is 11.8. The highest BCUT2D eigenvalue weighted by molar-refractivity contribution is 9.10. The highest BCUT2D eigenvalue weighted by atomic mass is 79.9. The fourth-order valence-electron chi connectivity index (χ4n) is 1.35. The molecule has 0 aliphatic heterocycles. The van der Waals surface area contributed by atoms with Gasteiger partial charge in [-0.2, -0.15) is 0 Å². The first-order valence-electron chi connectivity index (χ1n) is 5.33. The van der Waals surface area contributed by atoms with Crippen LogP contribution < -0.4 is 10.1 Å². The number of hydrogen-bond donors (Lipinski definition) is 1. The van der Waals surface area contributed by atoms with Crippen molar-refractivity contribution in [2.45, 2.75) is 5.38 Å². The van der Waals surface area contributed by atoms with E-state index in [4.69, 9.17) is 21.1 Å². The average Bonchev–Trinajstić information content (AvgIpc) is 2.36. The van der Waals surface area contributed by atoms with Crippen molar-refractivity contribution in [1.82, 2.24) is 5.32 Å². The Bertz CT molecular complexity index is 414. The van der Waals surface area contributed by atoms with Crippen LogP contribution in [0.3, 0.4) is 0 Å².